The first-order chi connectivity index (χ1) is 19.1. The fraction of sp³-hybridized carbons (Fsp3) is 0.400. The van der Waals surface area contributed by atoms with E-state index < -0.39 is 10.0 Å². The third-order valence-corrected chi connectivity index (χ3v) is 9.59. The van der Waals surface area contributed by atoms with E-state index in [2.05, 4.69) is 21.4 Å². The Labute approximate surface area is 235 Å². The Morgan fingerprint density at radius 2 is 1.95 bits per heavy atom. The van der Waals surface area contributed by atoms with Crippen LogP contribution in [0, 0.1) is 13.8 Å². The molecule has 10 heteroatoms. The van der Waals surface area contributed by atoms with Crippen LogP contribution in [0.3, 0.4) is 0 Å². The molecule has 2 aromatic carbocycles. The van der Waals surface area contributed by atoms with Gasteiger partial charge in [0, 0.05) is 31.6 Å². The second-order valence-electron chi connectivity index (χ2n) is 10.4. The Bertz CT molecular complexity index is 1680. The minimum Gasteiger partial charge on any atom is -0.472 e. The quantitative estimate of drug-likeness (QED) is 0.300. The number of rotatable bonds is 8. The molecule has 0 fully saturated rings. The van der Waals surface area contributed by atoms with Gasteiger partial charge < -0.3 is 4.74 Å². The first-order valence-corrected chi connectivity index (χ1v) is 15.1. The first kappa shape index (κ1) is 27.9. The van der Waals surface area contributed by atoms with Crippen LogP contribution in [0.25, 0.3) is 11.0 Å². The van der Waals surface area contributed by atoms with E-state index in [9.17, 15) is 13.2 Å². The van der Waals surface area contributed by atoms with Gasteiger partial charge in [0.2, 0.25) is 15.9 Å². The van der Waals surface area contributed by atoms with Crippen molar-refractivity contribution < 1.29 is 17.9 Å². The van der Waals surface area contributed by atoms with Crippen molar-refractivity contribution in [3.05, 3.63) is 76.5 Å². The van der Waals surface area contributed by atoms with E-state index in [-0.39, 0.29) is 41.7 Å². The van der Waals surface area contributed by atoms with Gasteiger partial charge in [-0.25, -0.2) is 18.1 Å². The molecule has 0 amide bonds. The average Bonchev–Trinajstić information content (AvgIpc) is 3.32. The molecule has 1 aliphatic rings. The molecule has 0 unspecified atom stereocenters. The van der Waals surface area contributed by atoms with Crippen molar-refractivity contribution in [3.63, 3.8) is 0 Å². The minimum atomic E-state index is -3.84. The van der Waals surface area contributed by atoms with Crippen molar-refractivity contribution >= 4 is 26.8 Å². The fourth-order valence-corrected chi connectivity index (χ4v) is 6.96. The maximum Gasteiger partial charge on any atom is 0.248 e. The predicted octanol–water partition coefficient (Wildman–Crippen LogP) is 4.94. The van der Waals surface area contributed by atoms with Gasteiger partial charge in [-0.15, -0.1) is 5.10 Å². The molecule has 0 saturated heterocycles. The lowest BCUT2D eigenvalue weighted by Gasteiger charge is -2.25. The third-order valence-electron chi connectivity index (χ3n) is 7.77. The number of hydrogen-bond acceptors (Lipinski definition) is 7. The number of ketones is 1. The zero-order valence-corrected chi connectivity index (χ0v) is 24.4. The van der Waals surface area contributed by atoms with Crippen molar-refractivity contribution in [2.24, 2.45) is 0 Å². The van der Waals surface area contributed by atoms with E-state index in [1.54, 1.807) is 25.3 Å². The number of benzene rings is 2. The number of fused-ring (bicyclic) bond motifs is 2. The van der Waals surface area contributed by atoms with Crippen LogP contribution in [-0.4, -0.2) is 51.1 Å². The monoisotopic (exact) mass is 561 g/mol. The Balaban J connectivity index is 1.56. The molecule has 1 aliphatic heterocycles. The summed E-state index contributed by atoms with van der Waals surface area (Å²) in [6.07, 6.45) is 2.20. The Morgan fingerprint density at radius 1 is 1.15 bits per heavy atom. The standard InChI is InChI=1S/C30H35N5O4S/c1-6-24-18-34(40(37,38)28-9-8-14-31-30(28)39-24)17-23-16-22(11-10-19(23)3)26(15-20(4)36)25-12-13-27-29(21(25)5)32-33-35(27)7-2/h8-14,16,24,26H,6-7,15,17-18H2,1-5H3/t24-,26+/m1/s1. The highest BCUT2D eigenvalue weighted by atomic mass is 32.2. The summed E-state index contributed by atoms with van der Waals surface area (Å²) in [7, 11) is -3.84. The second-order valence-corrected chi connectivity index (χ2v) is 12.4. The van der Waals surface area contributed by atoms with Gasteiger partial charge in [-0.2, -0.15) is 4.31 Å². The molecule has 9 nitrogen and oxygen atoms in total. The average molecular weight is 562 g/mol. The van der Waals surface area contributed by atoms with E-state index in [0.717, 1.165) is 45.4 Å². The summed E-state index contributed by atoms with van der Waals surface area (Å²) in [5, 5.41) is 8.68. The van der Waals surface area contributed by atoms with Crippen molar-refractivity contribution in [2.45, 2.75) is 77.5 Å². The molecule has 0 bridgehead atoms. The van der Waals surface area contributed by atoms with Gasteiger partial charge in [0.25, 0.3) is 0 Å². The lowest BCUT2D eigenvalue weighted by Crippen LogP contribution is -2.36. The predicted molar refractivity (Wildman–Crippen MR) is 153 cm³/mol. The molecule has 0 radical (unpaired) electrons. The number of pyridine rings is 1. The molecule has 2 atom stereocenters. The zero-order chi connectivity index (χ0) is 28.6. The van der Waals surface area contributed by atoms with Crippen LogP contribution in [0.2, 0.25) is 0 Å². The molecule has 2 aromatic heterocycles. The van der Waals surface area contributed by atoms with Crippen LogP contribution in [0.15, 0.2) is 53.6 Å². The molecule has 3 heterocycles. The van der Waals surface area contributed by atoms with E-state index in [1.165, 1.54) is 4.31 Å². The number of carbonyl (C=O) groups is 1. The molecule has 0 aliphatic carbocycles. The lowest BCUT2D eigenvalue weighted by atomic mass is 9.83. The lowest BCUT2D eigenvalue weighted by molar-refractivity contribution is -0.117. The smallest absolute Gasteiger partial charge is 0.248 e. The van der Waals surface area contributed by atoms with E-state index in [1.807, 2.05) is 56.6 Å². The van der Waals surface area contributed by atoms with Gasteiger partial charge in [-0.05, 0) is 80.1 Å². The molecule has 0 saturated carbocycles. The number of aromatic nitrogens is 4. The Kier molecular flexibility index (Phi) is 7.74. The Hall–Kier alpha value is -3.63. The number of nitrogens with zero attached hydrogens (tertiary/aromatic N) is 5. The summed E-state index contributed by atoms with van der Waals surface area (Å²) in [6.45, 7) is 10.7. The van der Waals surface area contributed by atoms with Crippen LogP contribution in [0.5, 0.6) is 5.88 Å². The molecule has 5 rings (SSSR count). The zero-order valence-electron chi connectivity index (χ0n) is 23.6. The van der Waals surface area contributed by atoms with Crippen molar-refractivity contribution in [2.75, 3.05) is 6.54 Å². The van der Waals surface area contributed by atoms with Crippen LogP contribution in [0.1, 0.15) is 67.3 Å². The molecule has 0 N–H and O–H groups in total. The summed E-state index contributed by atoms with van der Waals surface area (Å²) in [5.74, 6) is 0.0195. The number of aryl methyl sites for hydroxylation is 3. The molecular weight excluding hydrogens is 526 g/mol. The van der Waals surface area contributed by atoms with E-state index in [4.69, 9.17) is 4.74 Å². The van der Waals surface area contributed by atoms with E-state index in [0.29, 0.717) is 12.8 Å². The van der Waals surface area contributed by atoms with Crippen LogP contribution < -0.4 is 4.74 Å². The van der Waals surface area contributed by atoms with Crippen LogP contribution >= 0.6 is 0 Å². The second kappa shape index (κ2) is 11.1. The van der Waals surface area contributed by atoms with Crippen LogP contribution in [-0.2, 0) is 27.9 Å². The van der Waals surface area contributed by atoms with Gasteiger partial charge >= 0.3 is 0 Å². The van der Waals surface area contributed by atoms with Gasteiger partial charge in [-0.3, -0.25) is 4.79 Å². The number of sulfonamides is 1. The van der Waals surface area contributed by atoms with Gasteiger partial charge in [0.1, 0.15) is 22.3 Å². The molecule has 4 aromatic rings. The minimum absolute atomic E-state index is 0.0750. The SMILES string of the molecule is CC[C@@H]1CN(Cc2cc([C@H](CC(C)=O)c3ccc4c(nnn4CC)c3C)ccc2C)S(=O)(=O)c2cccnc2O1. The fourth-order valence-electron chi connectivity index (χ4n) is 5.44. The first-order valence-electron chi connectivity index (χ1n) is 13.7. The van der Waals surface area contributed by atoms with Crippen molar-refractivity contribution in [1.82, 2.24) is 24.3 Å². The Morgan fingerprint density at radius 3 is 2.67 bits per heavy atom. The largest absolute Gasteiger partial charge is 0.472 e. The molecule has 40 heavy (non-hydrogen) atoms. The van der Waals surface area contributed by atoms with Crippen molar-refractivity contribution in [1.29, 1.82) is 0 Å². The summed E-state index contributed by atoms with van der Waals surface area (Å²) < 4.78 is 36.8. The van der Waals surface area contributed by atoms with Gasteiger partial charge in [0.15, 0.2) is 0 Å². The summed E-state index contributed by atoms with van der Waals surface area (Å²) in [5.41, 5.74) is 6.61. The molecule has 0 spiro atoms. The summed E-state index contributed by atoms with van der Waals surface area (Å²) in [4.78, 5) is 16.7. The highest BCUT2D eigenvalue weighted by Gasteiger charge is 2.35. The van der Waals surface area contributed by atoms with Crippen molar-refractivity contribution in [3.8, 4) is 5.88 Å². The van der Waals surface area contributed by atoms with E-state index >= 15 is 0 Å². The summed E-state index contributed by atoms with van der Waals surface area (Å²) >= 11 is 0. The normalized spacial score (nSPS) is 17.7. The number of Topliss-reactive ketones (excluding diaryl/α,β-unsaturated/α-hetero) is 1. The van der Waals surface area contributed by atoms with Crippen LogP contribution in [0.4, 0.5) is 0 Å². The highest BCUT2D eigenvalue weighted by Crippen LogP contribution is 2.36. The number of hydrogen-bond donors (Lipinski definition) is 0. The molecule has 210 valence electrons. The summed E-state index contributed by atoms with van der Waals surface area (Å²) in [6, 6.07) is 13.3. The number of ether oxygens (including phenoxy) is 1. The highest BCUT2D eigenvalue weighted by molar-refractivity contribution is 7.89. The maximum absolute atomic E-state index is 13.7. The number of carbonyl (C=O) groups excluding carboxylic acids is 1. The van der Waals surface area contributed by atoms with Gasteiger partial charge in [0.05, 0.1) is 12.1 Å². The molecular formula is C30H35N5O4S. The third kappa shape index (κ3) is 5.13. The van der Waals surface area contributed by atoms with Gasteiger partial charge in [-0.1, -0.05) is 36.4 Å². The topological polar surface area (TPSA) is 107 Å². The maximum atomic E-state index is 13.7.